The second kappa shape index (κ2) is 4.72. The summed E-state index contributed by atoms with van der Waals surface area (Å²) in [6, 6.07) is 0.161. The van der Waals surface area contributed by atoms with Crippen molar-refractivity contribution in [3.8, 4) is 0 Å². The highest BCUT2D eigenvalue weighted by Crippen LogP contribution is 2.02. The lowest BCUT2D eigenvalue weighted by atomic mass is 10.1. The van der Waals surface area contributed by atoms with E-state index in [-0.39, 0.29) is 11.9 Å². The lowest BCUT2D eigenvalue weighted by molar-refractivity contribution is -0.121. The van der Waals surface area contributed by atoms with Gasteiger partial charge in [-0.25, -0.2) is 0 Å². The van der Waals surface area contributed by atoms with Crippen LogP contribution in [0.4, 0.5) is 0 Å². The Balaban J connectivity index is 2.27. The van der Waals surface area contributed by atoms with Crippen LogP contribution in [0.5, 0.6) is 0 Å². The SMILES string of the molecule is NCCC(=O)NC1C=CC=CC1. The fourth-order valence-corrected chi connectivity index (χ4v) is 1.10. The van der Waals surface area contributed by atoms with Gasteiger partial charge in [-0.3, -0.25) is 4.79 Å². The summed E-state index contributed by atoms with van der Waals surface area (Å²) >= 11 is 0. The van der Waals surface area contributed by atoms with Gasteiger partial charge in [0.2, 0.25) is 5.91 Å². The first-order valence-electron chi connectivity index (χ1n) is 4.15. The van der Waals surface area contributed by atoms with Gasteiger partial charge in [-0.1, -0.05) is 24.3 Å². The molecule has 1 atom stereocenters. The number of nitrogens with one attached hydrogen (secondary N) is 1. The van der Waals surface area contributed by atoms with E-state index < -0.39 is 0 Å². The van der Waals surface area contributed by atoms with Gasteiger partial charge in [-0.15, -0.1) is 0 Å². The minimum Gasteiger partial charge on any atom is -0.350 e. The molecule has 1 amide bonds. The molecule has 1 unspecified atom stereocenters. The Morgan fingerprint density at radius 2 is 2.42 bits per heavy atom. The van der Waals surface area contributed by atoms with Crippen LogP contribution in [0, 0.1) is 0 Å². The molecular formula is C9H14N2O. The highest BCUT2D eigenvalue weighted by atomic mass is 16.1. The van der Waals surface area contributed by atoms with E-state index in [9.17, 15) is 4.79 Å². The van der Waals surface area contributed by atoms with Gasteiger partial charge in [-0.2, -0.15) is 0 Å². The summed E-state index contributed by atoms with van der Waals surface area (Å²) in [5.41, 5.74) is 5.24. The summed E-state index contributed by atoms with van der Waals surface area (Å²) < 4.78 is 0. The lowest BCUT2D eigenvalue weighted by Gasteiger charge is -2.14. The quantitative estimate of drug-likeness (QED) is 0.635. The van der Waals surface area contributed by atoms with Gasteiger partial charge < -0.3 is 11.1 Å². The average molecular weight is 166 g/mol. The molecule has 0 aromatic carbocycles. The zero-order chi connectivity index (χ0) is 8.81. The zero-order valence-corrected chi connectivity index (χ0v) is 6.99. The van der Waals surface area contributed by atoms with Crippen molar-refractivity contribution in [2.24, 2.45) is 5.73 Å². The van der Waals surface area contributed by atoms with Crippen molar-refractivity contribution >= 4 is 5.91 Å². The minimum absolute atomic E-state index is 0.0300. The number of allylic oxidation sites excluding steroid dienone is 2. The molecule has 3 N–H and O–H groups in total. The molecule has 0 radical (unpaired) electrons. The van der Waals surface area contributed by atoms with Gasteiger partial charge in [0.25, 0.3) is 0 Å². The molecule has 3 heteroatoms. The van der Waals surface area contributed by atoms with Crippen LogP contribution in [0.15, 0.2) is 24.3 Å². The second-order valence-electron chi connectivity index (χ2n) is 2.76. The molecule has 0 aromatic rings. The minimum atomic E-state index is 0.0300. The molecule has 1 aliphatic rings. The molecule has 12 heavy (non-hydrogen) atoms. The number of amides is 1. The van der Waals surface area contributed by atoms with Gasteiger partial charge >= 0.3 is 0 Å². The van der Waals surface area contributed by atoms with E-state index in [0.29, 0.717) is 13.0 Å². The summed E-state index contributed by atoms with van der Waals surface area (Å²) in [5, 5.41) is 2.86. The smallest absolute Gasteiger partial charge is 0.221 e. The van der Waals surface area contributed by atoms with Gasteiger partial charge in [0.05, 0.1) is 6.04 Å². The molecule has 1 rings (SSSR count). The van der Waals surface area contributed by atoms with Crippen molar-refractivity contribution in [2.45, 2.75) is 18.9 Å². The second-order valence-corrected chi connectivity index (χ2v) is 2.76. The van der Waals surface area contributed by atoms with Crippen molar-refractivity contribution in [1.29, 1.82) is 0 Å². The molecule has 0 aromatic heterocycles. The Morgan fingerprint density at radius 3 is 3.00 bits per heavy atom. The highest BCUT2D eigenvalue weighted by Gasteiger charge is 2.07. The van der Waals surface area contributed by atoms with E-state index in [1.807, 2.05) is 24.3 Å². The van der Waals surface area contributed by atoms with Crippen LogP contribution >= 0.6 is 0 Å². The third-order valence-corrected chi connectivity index (χ3v) is 1.70. The van der Waals surface area contributed by atoms with Crippen molar-refractivity contribution < 1.29 is 4.79 Å². The summed E-state index contributed by atoms with van der Waals surface area (Å²) in [7, 11) is 0. The highest BCUT2D eigenvalue weighted by molar-refractivity contribution is 5.76. The predicted molar refractivity (Wildman–Crippen MR) is 48.5 cm³/mol. The van der Waals surface area contributed by atoms with E-state index in [1.54, 1.807) is 0 Å². The molecule has 1 aliphatic carbocycles. The number of hydrogen-bond acceptors (Lipinski definition) is 2. The molecule has 0 saturated heterocycles. The molecule has 3 nitrogen and oxygen atoms in total. The molecule has 0 fully saturated rings. The first-order valence-corrected chi connectivity index (χ1v) is 4.15. The zero-order valence-electron chi connectivity index (χ0n) is 6.99. The van der Waals surface area contributed by atoms with Crippen molar-refractivity contribution in [3.05, 3.63) is 24.3 Å². The lowest BCUT2D eigenvalue weighted by Crippen LogP contribution is -2.34. The third kappa shape index (κ3) is 2.88. The summed E-state index contributed by atoms with van der Waals surface area (Å²) in [6.45, 7) is 0.415. The van der Waals surface area contributed by atoms with Crippen LogP contribution in [0.1, 0.15) is 12.8 Å². The van der Waals surface area contributed by atoms with Crippen LogP contribution in [-0.2, 0) is 4.79 Å². The maximum atomic E-state index is 11.1. The Kier molecular flexibility index (Phi) is 3.54. The standard InChI is InChI=1S/C9H14N2O/c10-7-6-9(12)11-8-4-2-1-3-5-8/h1-4,8H,5-7,10H2,(H,11,12). The fraction of sp³-hybridized carbons (Fsp3) is 0.444. The van der Waals surface area contributed by atoms with Crippen LogP contribution in [0.2, 0.25) is 0 Å². The predicted octanol–water partition coefficient (Wildman–Crippen LogP) is 0.336. The van der Waals surface area contributed by atoms with Gasteiger partial charge in [0.15, 0.2) is 0 Å². The summed E-state index contributed by atoms with van der Waals surface area (Å²) in [4.78, 5) is 11.1. The Hall–Kier alpha value is -1.09. The van der Waals surface area contributed by atoms with E-state index >= 15 is 0 Å². The van der Waals surface area contributed by atoms with E-state index in [4.69, 9.17) is 5.73 Å². The topological polar surface area (TPSA) is 55.1 Å². The summed E-state index contributed by atoms with van der Waals surface area (Å²) in [5.74, 6) is 0.0300. The number of rotatable bonds is 3. The van der Waals surface area contributed by atoms with E-state index in [1.165, 1.54) is 0 Å². The Bertz CT molecular complexity index is 209. The number of carbonyl (C=O) groups is 1. The molecule has 0 saturated carbocycles. The molecule has 0 bridgehead atoms. The number of carbonyl (C=O) groups excluding carboxylic acids is 1. The van der Waals surface area contributed by atoms with Crippen LogP contribution in [-0.4, -0.2) is 18.5 Å². The van der Waals surface area contributed by atoms with Crippen molar-refractivity contribution in [3.63, 3.8) is 0 Å². The maximum Gasteiger partial charge on any atom is 0.221 e. The number of hydrogen-bond donors (Lipinski definition) is 2. The molecule has 0 heterocycles. The van der Waals surface area contributed by atoms with Gasteiger partial charge in [0.1, 0.15) is 0 Å². The fourth-order valence-electron chi connectivity index (χ4n) is 1.10. The van der Waals surface area contributed by atoms with Crippen LogP contribution < -0.4 is 11.1 Å². The maximum absolute atomic E-state index is 11.1. The first-order chi connectivity index (χ1) is 5.83. The first kappa shape index (κ1) is 9.00. The van der Waals surface area contributed by atoms with Crippen molar-refractivity contribution in [1.82, 2.24) is 5.32 Å². The molecule has 0 aliphatic heterocycles. The Morgan fingerprint density at radius 1 is 1.58 bits per heavy atom. The number of nitrogens with two attached hydrogens (primary N) is 1. The summed E-state index contributed by atoms with van der Waals surface area (Å²) in [6.07, 6.45) is 9.23. The molecule has 0 spiro atoms. The van der Waals surface area contributed by atoms with E-state index in [2.05, 4.69) is 5.32 Å². The third-order valence-electron chi connectivity index (χ3n) is 1.70. The largest absolute Gasteiger partial charge is 0.350 e. The van der Waals surface area contributed by atoms with Crippen LogP contribution in [0.3, 0.4) is 0 Å². The van der Waals surface area contributed by atoms with E-state index in [0.717, 1.165) is 6.42 Å². The molecular weight excluding hydrogens is 152 g/mol. The average Bonchev–Trinajstić information content (AvgIpc) is 2.06. The normalized spacial score (nSPS) is 20.9. The Labute approximate surface area is 72.3 Å². The molecule has 66 valence electrons. The van der Waals surface area contributed by atoms with Crippen LogP contribution in [0.25, 0.3) is 0 Å². The van der Waals surface area contributed by atoms with Gasteiger partial charge in [-0.05, 0) is 6.42 Å². The van der Waals surface area contributed by atoms with Crippen molar-refractivity contribution in [2.75, 3.05) is 6.54 Å². The monoisotopic (exact) mass is 166 g/mol. The van der Waals surface area contributed by atoms with Gasteiger partial charge in [0, 0.05) is 13.0 Å².